The molecule has 0 aliphatic carbocycles. The van der Waals surface area contributed by atoms with E-state index in [9.17, 15) is 0 Å². The molecule has 0 aliphatic rings. The molecule has 0 amide bonds. The molecule has 4 heteroatoms. The molecule has 0 saturated heterocycles. The standard InChI is InChI=1S/C13H13N3S/c1-10-3-4-11(6-14)13(5-10)16(2)7-12-8-17-9-15-12/h3-5,8-9H,7H2,1-2H3. The van der Waals surface area contributed by atoms with Crippen molar-refractivity contribution in [2.24, 2.45) is 0 Å². The zero-order chi connectivity index (χ0) is 12.3. The molecule has 1 aromatic heterocycles. The highest BCUT2D eigenvalue weighted by Crippen LogP contribution is 2.22. The molecule has 0 radical (unpaired) electrons. The highest BCUT2D eigenvalue weighted by molar-refractivity contribution is 7.07. The van der Waals surface area contributed by atoms with Gasteiger partial charge in [-0.15, -0.1) is 11.3 Å². The number of aryl methyl sites for hydroxylation is 1. The SMILES string of the molecule is Cc1ccc(C#N)c(N(C)Cc2cscn2)c1. The lowest BCUT2D eigenvalue weighted by molar-refractivity contribution is 0.892. The molecule has 86 valence electrons. The van der Waals surface area contributed by atoms with Crippen LogP contribution in [0.1, 0.15) is 16.8 Å². The van der Waals surface area contributed by atoms with Gasteiger partial charge in [0.1, 0.15) is 6.07 Å². The second-order valence-corrected chi connectivity index (χ2v) is 4.69. The van der Waals surface area contributed by atoms with Crippen LogP contribution in [-0.4, -0.2) is 12.0 Å². The van der Waals surface area contributed by atoms with Crippen LogP contribution < -0.4 is 4.90 Å². The first kappa shape index (κ1) is 11.6. The Kier molecular flexibility index (Phi) is 3.40. The van der Waals surface area contributed by atoms with Crippen LogP contribution in [0.4, 0.5) is 5.69 Å². The number of benzene rings is 1. The Bertz CT molecular complexity index is 540. The summed E-state index contributed by atoms with van der Waals surface area (Å²) in [6, 6.07) is 8.08. The van der Waals surface area contributed by atoms with E-state index in [2.05, 4.69) is 16.0 Å². The summed E-state index contributed by atoms with van der Waals surface area (Å²) in [7, 11) is 1.98. The summed E-state index contributed by atoms with van der Waals surface area (Å²) in [6.45, 7) is 2.75. The Labute approximate surface area is 105 Å². The molecule has 1 aromatic carbocycles. The molecular formula is C13H13N3S. The van der Waals surface area contributed by atoms with Crippen LogP contribution in [-0.2, 0) is 6.54 Å². The smallest absolute Gasteiger partial charge is 0.101 e. The fraction of sp³-hybridized carbons (Fsp3) is 0.231. The first-order chi connectivity index (χ1) is 8.20. The third-order valence-electron chi connectivity index (χ3n) is 2.57. The molecule has 17 heavy (non-hydrogen) atoms. The summed E-state index contributed by atoms with van der Waals surface area (Å²) in [5.41, 5.74) is 5.67. The van der Waals surface area contributed by atoms with E-state index in [4.69, 9.17) is 5.26 Å². The van der Waals surface area contributed by atoms with Crippen molar-refractivity contribution in [2.75, 3.05) is 11.9 Å². The molecule has 2 rings (SSSR count). The van der Waals surface area contributed by atoms with Gasteiger partial charge in [0.2, 0.25) is 0 Å². The maximum atomic E-state index is 9.09. The van der Waals surface area contributed by atoms with E-state index in [1.165, 1.54) is 0 Å². The molecule has 0 bridgehead atoms. The number of nitriles is 1. The molecule has 0 unspecified atom stereocenters. The number of hydrogen-bond acceptors (Lipinski definition) is 4. The fourth-order valence-electron chi connectivity index (χ4n) is 1.70. The number of anilines is 1. The lowest BCUT2D eigenvalue weighted by Gasteiger charge is -2.19. The van der Waals surface area contributed by atoms with Crippen LogP contribution in [0.15, 0.2) is 29.1 Å². The topological polar surface area (TPSA) is 39.9 Å². The van der Waals surface area contributed by atoms with Gasteiger partial charge in [0.05, 0.1) is 29.0 Å². The van der Waals surface area contributed by atoms with Gasteiger partial charge in [0.15, 0.2) is 0 Å². The molecule has 0 fully saturated rings. The van der Waals surface area contributed by atoms with E-state index in [1.807, 2.05) is 43.1 Å². The van der Waals surface area contributed by atoms with Gasteiger partial charge in [-0.05, 0) is 24.6 Å². The van der Waals surface area contributed by atoms with Gasteiger partial charge in [0.25, 0.3) is 0 Å². The maximum absolute atomic E-state index is 9.09. The molecular weight excluding hydrogens is 230 g/mol. The molecule has 0 saturated carbocycles. The number of rotatable bonds is 3. The van der Waals surface area contributed by atoms with Crippen LogP contribution in [0.25, 0.3) is 0 Å². The molecule has 1 heterocycles. The third kappa shape index (κ3) is 2.63. The normalized spacial score (nSPS) is 9.94. The second-order valence-electron chi connectivity index (χ2n) is 3.97. The number of nitrogens with zero attached hydrogens (tertiary/aromatic N) is 3. The average Bonchev–Trinajstić information content (AvgIpc) is 2.81. The average molecular weight is 243 g/mol. The third-order valence-corrected chi connectivity index (χ3v) is 3.20. The van der Waals surface area contributed by atoms with Gasteiger partial charge < -0.3 is 4.90 Å². The van der Waals surface area contributed by atoms with Gasteiger partial charge in [-0.1, -0.05) is 6.07 Å². The van der Waals surface area contributed by atoms with Crippen LogP contribution in [0.5, 0.6) is 0 Å². The van der Waals surface area contributed by atoms with E-state index in [0.717, 1.165) is 23.5 Å². The Balaban J connectivity index is 2.27. The minimum atomic E-state index is 0.702. The Morgan fingerprint density at radius 1 is 1.47 bits per heavy atom. The van der Waals surface area contributed by atoms with Crippen molar-refractivity contribution in [1.29, 1.82) is 5.26 Å². The number of hydrogen-bond donors (Lipinski definition) is 0. The first-order valence-corrected chi connectivity index (χ1v) is 6.24. The zero-order valence-corrected chi connectivity index (χ0v) is 10.7. The van der Waals surface area contributed by atoms with Gasteiger partial charge >= 0.3 is 0 Å². The van der Waals surface area contributed by atoms with Gasteiger partial charge in [0, 0.05) is 12.4 Å². The number of aromatic nitrogens is 1. The van der Waals surface area contributed by atoms with Crippen LogP contribution in [0.2, 0.25) is 0 Å². The maximum Gasteiger partial charge on any atom is 0.101 e. The molecule has 0 aliphatic heterocycles. The predicted octanol–water partition coefficient (Wildman–Crippen LogP) is 2.96. The summed E-state index contributed by atoms with van der Waals surface area (Å²) in [5.74, 6) is 0. The van der Waals surface area contributed by atoms with Crippen molar-refractivity contribution in [3.05, 3.63) is 45.9 Å². The molecule has 0 N–H and O–H groups in total. The molecule has 2 aromatic rings. The largest absolute Gasteiger partial charge is 0.368 e. The summed E-state index contributed by atoms with van der Waals surface area (Å²) in [6.07, 6.45) is 0. The fourth-order valence-corrected chi connectivity index (χ4v) is 2.25. The molecule has 0 atom stereocenters. The monoisotopic (exact) mass is 243 g/mol. The summed E-state index contributed by atoms with van der Waals surface area (Å²) >= 11 is 1.59. The van der Waals surface area contributed by atoms with Gasteiger partial charge in [-0.25, -0.2) is 4.98 Å². The Hall–Kier alpha value is -1.86. The summed E-state index contributed by atoms with van der Waals surface area (Å²) in [4.78, 5) is 6.31. The van der Waals surface area contributed by atoms with Crippen molar-refractivity contribution in [3.8, 4) is 6.07 Å². The summed E-state index contributed by atoms with van der Waals surface area (Å²) in [5, 5.41) is 11.1. The highest BCUT2D eigenvalue weighted by Gasteiger charge is 2.08. The Morgan fingerprint density at radius 3 is 2.94 bits per heavy atom. The van der Waals surface area contributed by atoms with Crippen LogP contribution >= 0.6 is 11.3 Å². The first-order valence-electron chi connectivity index (χ1n) is 5.29. The highest BCUT2D eigenvalue weighted by atomic mass is 32.1. The number of thiazole rings is 1. The minimum Gasteiger partial charge on any atom is -0.368 e. The van der Waals surface area contributed by atoms with Crippen molar-refractivity contribution >= 4 is 17.0 Å². The van der Waals surface area contributed by atoms with E-state index < -0.39 is 0 Å². The lowest BCUT2D eigenvalue weighted by atomic mass is 10.1. The lowest BCUT2D eigenvalue weighted by Crippen LogP contribution is -2.17. The van der Waals surface area contributed by atoms with E-state index in [0.29, 0.717) is 5.56 Å². The summed E-state index contributed by atoms with van der Waals surface area (Å²) < 4.78 is 0. The quantitative estimate of drug-likeness (QED) is 0.832. The van der Waals surface area contributed by atoms with Crippen molar-refractivity contribution in [1.82, 2.24) is 4.98 Å². The molecule has 3 nitrogen and oxygen atoms in total. The predicted molar refractivity (Wildman–Crippen MR) is 70.1 cm³/mol. The Morgan fingerprint density at radius 2 is 2.29 bits per heavy atom. The van der Waals surface area contributed by atoms with Crippen molar-refractivity contribution < 1.29 is 0 Å². The van der Waals surface area contributed by atoms with Crippen molar-refractivity contribution in [3.63, 3.8) is 0 Å². The van der Waals surface area contributed by atoms with E-state index >= 15 is 0 Å². The second kappa shape index (κ2) is 4.98. The zero-order valence-electron chi connectivity index (χ0n) is 9.84. The van der Waals surface area contributed by atoms with Crippen molar-refractivity contribution in [2.45, 2.75) is 13.5 Å². The van der Waals surface area contributed by atoms with Crippen LogP contribution in [0, 0.1) is 18.3 Å². The van der Waals surface area contributed by atoms with Gasteiger partial charge in [-0.3, -0.25) is 0 Å². The van der Waals surface area contributed by atoms with Gasteiger partial charge in [-0.2, -0.15) is 5.26 Å². The van der Waals surface area contributed by atoms with Crippen LogP contribution in [0.3, 0.4) is 0 Å². The van der Waals surface area contributed by atoms with E-state index in [1.54, 1.807) is 11.3 Å². The van der Waals surface area contributed by atoms with E-state index in [-0.39, 0.29) is 0 Å². The minimum absolute atomic E-state index is 0.702. The molecule has 0 spiro atoms.